The van der Waals surface area contributed by atoms with Crippen LogP contribution in [0.15, 0.2) is 30.5 Å². The summed E-state index contributed by atoms with van der Waals surface area (Å²) in [6, 6.07) is 2.81. The monoisotopic (exact) mass is 380 g/mol. The molecule has 1 heterocycles. The first-order chi connectivity index (χ1) is 12.3. The number of hydrogen-bond acceptors (Lipinski definition) is 3. The molecule has 146 valence electrons. The van der Waals surface area contributed by atoms with Gasteiger partial charge in [-0.3, -0.25) is 0 Å². The molecule has 1 aromatic carbocycles. The first-order valence-electron chi connectivity index (χ1n) is 8.41. The molecular weight excluding hydrogens is 359 g/mol. The number of alkyl halides is 4. The van der Waals surface area contributed by atoms with Crippen LogP contribution in [0.2, 0.25) is 0 Å². The van der Waals surface area contributed by atoms with Crippen molar-refractivity contribution in [2.75, 3.05) is 6.61 Å². The van der Waals surface area contributed by atoms with Gasteiger partial charge in [0, 0.05) is 12.1 Å². The zero-order valence-corrected chi connectivity index (χ0v) is 14.3. The Bertz CT molecular complexity index is 598. The van der Waals surface area contributed by atoms with Crippen molar-refractivity contribution in [1.82, 2.24) is 0 Å². The normalized spacial score (nSPS) is 21.3. The maximum absolute atomic E-state index is 14.2. The number of hydrogen-bond donors (Lipinski definition) is 0. The van der Waals surface area contributed by atoms with Crippen molar-refractivity contribution in [1.29, 1.82) is 0 Å². The van der Waals surface area contributed by atoms with Crippen LogP contribution in [0.25, 0.3) is 0 Å². The fraction of sp³-hybridized carbons (Fsp3) is 0.556. The maximum atomic E-state index is 14.2. The van der Waals surface area contributed by atoms with E-state index in [9.17, 15) is 22.0 Å². The predicted molar refractivity (Wildman–Crippen MR) is 85.1 cm³/mol. The average molecular weight is 380 g/mol. The summed E-state index contributed by atoms with van der Waals surface area (Å²) in [5.74, 6) is -1.53. The lowest BCUT2D eigenvalue weighted by Crippen LogP contribution is -2.44. The molecule has 8 heteroatoms. The highest BCUT2D eigenvalue weighted by Gasteiger charge is 2.45. The molecule has 0 aromatic heterocycles. The lowest BCUT2D eigenvalue weighted by molar-refractivity contribution is -0.265. The van der Waals surface area contributed by atoms with E-state index in [1.54, 1.807) is 0 Å². The molecule has 1 aliphatic rings. The van der Waals surface area contributed by atoms with E-state index in [-0.39, 0.29) is 24.7 Å². The molecule has 3 nitrogen and oxygen atoms in total. The summed E-state index contributed by atoms with van der Waals surface area (Å²) in [6.07, 6.45) is -4.05. The van der Waals surface area contributed by atoms with Crippen LogP contribution in [0.3, 0.4) is 0 Å². The van der Waals surface area contributed by atoms with Crippen LogP contribution in [0.5, 0.6) is 11.5 Å². The van der Waals surface area contributed by atoms with E-state index >= 15 is 0 Å². The zero-order valence-electron chi connectivity index (χ0n) is 14.3. The number of benzene rings is 1. The molecule has 0 radical (unpaired) electrons. The van der Waals surface area contributed by atoms with Gasteiger partial charge >= 0.3 is 6.11 Å². The van der Waals surface area contributed by atoms with Crippen LogP contribution in [0, 0.1) is 11.7 Å². The molecule has 0 bridgehead atoms. The molecule has 2 rings (SSSR count). The van der Waals surface area contributed by atoms with Crippen molar-refractivity contribution >= 4 is 0 Å². The Labute approximate surface area is 148 Å². The van der Waals surface area contributed by atoms with E-state index < -0.39 is 30.2 Å². The van der Waals surface area contributed by atoms with Crippen LogP contribution in [-0.4, -0.2) is 25.2 Å². The van der Waals surface area contributed by atoms with Gasteiger partial charge in [-0.2, -0.15) is 8.78 Å². The van der Waals surface area contributed by atoms with E-state index in [1.807, 2.05) is 6.92 Å². The minimum absolute atomic E-state index is 0.153. The summed E-state index contributed by atoms with van der Waals surface area (Å²) < 4.78 is 80.8. The molecule has 0 amide bonds. The van der Waals surface area contributed by atoms with Gasteiger partial charge in [0.25, 0.3) is 6.43 Å². The van der Waals surface area contributed by atoms with E-state index in [0.717, 1.165) is 25.0 Å². The Morgan fingerprint density at radius 3 is 2.65 bits per heavy atom. The van der Waals surface area contributed by atoms with Crippen molar-refractivity contribution in [2.45, 2.75) is 51.2 Å². The van der Waals surface area contributed by atoms with Crippen LogP contribution in [0.1, 0.15) is 32.6 Å². The Morgan fingerprint density at radius 1 is 1.31 bits per heavy atom. The molecule has 2 unspecified atom stereocenters. The third kappa shape index (κ3) is 5.86. The highest BCUT2D eigenvalue weighted by molar-refractivity contribution is 5.33. The van der Waals surface area contributed by atoms with Gasteiger partial charge in [0.2, 0.25) is 0 Å². The summed E-state index contributed by atoms with van der Waals surface area (Å²) in [5, 5.41) is 0. The van der Waals surface area contributed by atoms with Gasteiger partial charge in [0.1, 0.15) is 5.75 Å². The zero-order chi connectivity index (χ0) is 19.2. The van der Waals surface area contributed by atoms with E-state index in [1.165, 1.54) is 0 Å². The first-order valence-corrected chi connectivity index (χ1v) is 8.41. The Kier molecular flexibility index (Phi) is 7.25. The van der Waals surface area contributed by atoms with Gasteiger partial charge < -0.3 is 14.2 Å². The Balaban J connectivity index is 1.95. The maximum Gasteiger partial charge on any atom is 0.424 e. The van der Waals surface area contributed by atoms with Gasteiger partial charge in [0.05, 0.1) is 12.9 Å². The standard InChI is InChI=1S/C18H21F5O3/c1-2-3-12-4-7-16(25-11-12)18(22,23)26-13-5-6-15(14(19)10-13)24-9-8-17(20)21/h5-6,8-10,12,16-17H,2-4,7,11H2,1H3. The van der Waals surface area contributed by atoms with Crippen molar-refractivity contribution in [3.63, 3.8) is 0 Å². The second-order valence-corrected chi connectivity index (χ2v) is 6.09. The third-order valence-electron chi connectivity index (χ3n) is 4.02. The van der Waals surface area contributed by atoms with Gasteiger partial charge in [-0.05, 0) is 37.3 Å². The first kappa shape index (κ1) is 20.5. The fourth-order valence-electron chi connectivity index (χ4n) is 2.74. The fourth-order valence-corrected chi connectivity index (χ4v) is 2.74. The number of rotatable bonds is 8. The highest BCUT2D eigenvalue weighted by atomic mass is 19.3. The summed E-state index contributed by atoms with van der Waals surface area (Å²) >= 11 is 0. The van der Waals surface area contributed by atoms with E-state index in [2.05, 4.69) is 9.47 Å². The van der Waals surface area contributed by atoms with Gasteiger partial charge in [-0.15, -0.1) is 0 Å². The molecule has 0 spiro atoms. The van der Waals surface area contributed by atoms with Crippen LogP contribution >= 0.6 is 0 Å². The van der Waals surface area contributed by atoms with Crippen LogP contribution in [0.4, 0.5) is 22.0 Å². The molecule has 26 heavy (non-hydrogen) atoms. The van der Waals surface area contributed by atoms with Crippen molar-refractivity contribution in [3.05, 3.63) is 36.4 Å². The lowest BCUT2D eigenvalue weighted by Gasteiger charge is -2.33. The molecule has 0 aliphatic carbocycles. The quantitative estimate of drug-likeness (QED) is 0.437. The van der Waals surface area contributed by atoms with E-state index in [0.29, 0.717) is 24.8 Å². The second-order valence-electron chi connectivity index (χ2n) is 6.09. The average Bonchev–Trinajstić information content (AvgIpc) is 2.57. The number of halogens is 5. The summed E-state index contributed by atoms with van der Waals surface area (Å²) in [6.45, 7) is 2.27. The molecule has 1 saturated heterocycles. The minimum atomic E-state index is -3.61. The van der Waals surface area contributed by atoms with Crippen LogP contribution in [-0.2, 0) is 4.74 Å². The SMILES string of the molecule is CCCC1CCC(C(F)(F)Oc2ccc(OC=CC(F)F)c(F)c2)OC1. The molecule has 0 N–H and O–H groups in total. The summed E-state index contributed by atoms with van der Waals surface area (Å²) in [7, 11) is 0. The van der Waals surface area contributed by atoms with Crippen molar-refractivity contribution < 1.29 is 36.2 Å². The molecule has 0 saturated carbocycles. The second kappa shape index (κ2) is 9.21. The predicted octanol–water partition coefficient (Wildman–Crippen LogP) is 5.55. The Morgan fingerprint density at radius 2 is 2.08 bits per heavy atom. The topological polar surface area (TPSA) is 27.7 Å². The molecule has 1 aromatic rings. The summed E-state index contributed by atoms with van der Waals surface area (Å²) in [5.41, 5.74) is 0. The smallest absolute Gasteiger partial charge is 0.424 e. The van der Waals surface area contributed by atoms with Crippen molar-refractivity contribution in [2.24, 2.45) is 5.92 Å². The summed E-state index contributed by atoms with van der Waals surface area (Å²) in [4.78, 5) is 0. The highest BCUT2D eigenvalue weighted by Crippen LogP contribution is 2.35. The molecular formula is C18H21F5O3. The van der Waals surface area contributed by atoms with Gasteiger partial charge in [-0.1, -0.05) is 13.3 Å². The van der Waals surface area contributed by atoms with Crippen LogP contribution < -0.4 is 9.47 Å². The number of ether oxygens (including phenoxy) is 3. The van der Waals surface area contributed by atoms with Crippen molar-refractivity contribution in [3.8, 4) is 11.5 Å². The largest absolute Gasteiger partial charge is 0.462 e. The molecule has 2 atom stereocenters. The Hall–Kier alpha value is -1.83. The molecule has 1 aliphatic heterocycles. The van der Waals surface area contributed by atoms with Gasteiger partial charge in [0.15, 0.2) is 17.7 Å². The molecule has 1 fully saturated rings. The van der Waals surface area contributed by atoms with Gasteiger partial charge in [-0.25, -0.2) is 13.2 Å². The lowest BCUT2D eigenvalue weighted by atomic mass is 9.94. The third-order valence-corrected chi connectivity index (χ3v) is 4.02. The minimum Gasteiger partial charge on any atom is -0.462 e. The number of allylic oxidation sites excluding steroid dienone is 1. The van der Waals surface area contributed by atoms with E-state index in [4.69, 9.17) is 4.74 Å².